The number of sulfone groups is 1. The minimum atomic E-state index is -3.05. The summed E-state index contributed by atoms with van der Waals surface area (Å²) in [6.07, 6.45) is 10.6. The van der Waals surface area contributed by atoms with Gasteiger partial charge < -0.3 is 5.11 Å². The van der Waals surface area contributed by atoms with Crippen LogP contribution in [0.15, 0.2) is 0 Å². The van der Waals surface area contributed by atoms with Gasteiger partial charge in [0.1, 0.15) is 0 Å². The smallest absolute Gasteiger partial charge is 0.153 e. The predicted molar refractivity (Wildman–Crippen MR) is 89.4 cm³/mol. The van der Waals surface area contributed by atoms with Crippen molar-refractivity contribution in [1.82, 2.24) is 0 Å². The maximum Gasteiger partial charge on any atom is 0.153 e. The van der Waals surface area contributed by atoms with E-state index in [0.717, 1.165) is 32.1 Å². The fraction of sp³-hybridized carbons (Fsp3) is 1.00. The number of rotatable bonds is 2. The van der Waals surface area contributed by atoms with Crippen LogP contribution in [0, 0.1) is 23.7 Å². The highest BCUT2D eigenvalue weighted by Gasteiger charge is 2.50. The molecule has 22 heavy (non-hydrogen) atoms. The molecule has 0 bridgehead atoms. The van der Waals surface area contributed by atoms with Crippen LogP contribution in [0.2, 0.25) is 0 Å². The Kier molecular flexibility index (Phi) is 5.18. The third-order valence-electron chi connectivity index (χ3n) is 6.75. The lowest BCUT2D eigenvalue weighted by Crippen LogP contribution is -2.43. The molecule has 0 aromatic carbocycles. The third-order valence-corrected chi connectivity index (χ3v) is 9.15. The number of hydrogen-bond acceptors (Lipinski definition) is 3. The summed E-state index contributed by atoms with van der Waals surface area (Å²) in [5.41, 5.74) is 0. The third kappa shape index (κ3) is 3.10. The van der Waals surface area contributed by atoms with Gasteiger partial charge in [-0.15, -0.1) is 0 Å². The Bertz CT molecular complexity index is 467. The van der Waals surface area contributed by atoms with E-state index in [1.54, 1.807) is 0 Å². The topological polar surface area (TPSA) is 54.4 Å². The summed E-state index contributed by atoms with van der Waals surface area (Å²) in [6.45, 7) is 2.04. The van der Waals surface area contributed by atoms with E-state index < -0.39 is 15.9 Å². The molecule has 3 nitrogen and oxygen atoms in total. The predicted octanol–water partition coefficient (Wildman–Crippen LogP) is 3.56. The van der Waals surface area contributed by atoms with Gasteiger partial charge in [0, 0.05) is 0 Å². The van der Waals surface area contributed by atoms with Crippen LogP contribution in [0.25, 0.3) is 0 Å². The molecule has 128 valence electrons. The van der Waals surface area contributed by atoms with Crippen LogP contribution in [0.1, 0.15) is 71.1 Å². The van der Waals surface area contributed by atoms with E-state index in [1.165, 1.54) is 32.1 Å². The largest absolute Gasteiger partial charge is 0.392 e. The van der Waals surface area contributed by atoms with E-state index in [0.29, 0.717) is 5.92 Å². The van der Waals surface area contributed by atoms with Gasteiger partial charge in [-0.2, -0.15) is 0 Å². The Hall–Kier alpha value is -0.0900. The lowest BCUT2D eigenvalue weighted by Gasteiger charge is -2.42. The quantitative estimate of drug-likeness (QED) is 0.843. The van der Waals surface area contributed by atoms with E-state index in [9.17, 15) is 13.5 Å². The van der Waals surface area contributed by atoms with Gasteiger partial charge in [-0.3, -0.25) is 0 Å². The van der Waals surface area contributed by atoms with Crippen LogP contribution in [-0.2, 0) is 9.84 Å². The second-order valence-corrected chi connectivity index (χ2v) is 10.2. The minimum Gasteiger partial charge on any atom is -0.392 e. The molecule has 1 saturated heterocycles. The second-order valence-electron chi connectivity index (χ2n) is 7.95. The van der Waals surface area contributed by atoms with Crippen LogP contribution in [-0.4, -0.2) is 30.6 Å². The van der Waals surface area contributed by atoms with Crippen molar-refractivity contribution in [1.29, 1.82) is 0 Å². The molecule has 3 rings (SSSR count). The summed E-state index contributed by atoms with van der Waals surface area (Å²) in [7, 11) is -3.05. The normalized spacial score (nSPS) is 43.3. The lowest BCUT2D eigenvalue weighted by atomic mass is 9.65. The van der Waals surface area contributed by atoms with Gasteiger partial charge in [0.2, 0.25) is 0 Å². The molecule has 0 amide bonds. The lowest BCUT2D eigenvalue weighted by molar-refractivity contribution is -0.0153. The second kappa shape index (κ2) is 6.80. The van der Waals surface area contributed by atoms with Gasteiger partial charge >= 0.3 is 0 Å². The maximum absolute atomic E-state index is 12.9. The van der Waals surface area contributed by atoms with Crippen LogP contribution in [0.4, 0.5) is 0 Å². The van der Waals surface area contributed by atoms with Crippen LogP contribution >= 0.6 is 0 Å². The highest BCUT2D eigenvalue weighted by atomic mass is 32.2. The molecule has 1 heterocycles. The van der Waals surface area contributed by atoms with Crippen LogP contribution < -0.4 is 0 Å². The Morgan fingerprint density at radius 3 is 2.27 bits per heavy atom. The van der Waals surface area contributed by atoms with Gasteiger partial charge in [-0.1, -0.05) is 51.9 Å². The molecule has 5 atom stereocenters. The molecule has 1 aliphatic heterocycles. The number of fused-ring (bicyclic) bond motifs is 1. The molecule has 3 aliphatic rings. The van der Waals surface area contributed by atoms with Crippen molar-refractivity contribution in [3.8, 4) is 0 Å². The van der Waals surface area contributed by atoms with Crippen molar-refractivity contribution in [2.45, 2.75) is 82.5 Å². The number of hydrogen-bond donors (Lipinski definition) is 1. The fourth-order valence-corrected chi connectivity index (χ4v) is 8.26. The van der Waals surface area contributed by atoms with Crippen molar-refractivity contribution in [2.75, 3.05) is 5.75 Å². The zero-order valence-corrected chi connectivity index (χ0v) is 14.7. The van der Waals surface area contributed by atoms with Crippen molar-refractivity contribution in [3.63, 3.8) is 0 Å². The average molecular weight is 329 g/mol. The Balaban J connectivity index is 1.95. The first-order chi connectivity index (χ1) is 10.5. The van der Waals surface area contributed by atoms with Gasteiger partial charge in [-0.05, 0) is 42.9 Å². The first kappa shape index (κ1) is 16.8. The van der Waals surface area contributed by atoms with Crippen molar-refractivity contribution in [2.24, 2.45) is 23.7 Å². The monoisotopic (exact) mass is 328 g/mol. The Morgan fingerprint density at radius 2 is 1.59 bits per heavy atom. The van der Waals surface area contributed by atoms with Gasteiger partial charge in [0.05, 0.1) is 17.1 Å². The molecular weight excluding hydrogens is 296 g/mol. The van der Waals surface area contributed by atoms with E-state index in [-0.39, 0.29) is 28.8 Å². The molecule has 2 unspecified atom stereocenters. The molecule has 0 spiro atoms. The SMILES string of the molecule is CC[C@@H]1CS(=O)(=O)C2CCCCC2[C@H](C2CCCCC2)[C@H]1O. The molecule has 2 saturated carbocycles. The summed E-state index contributed by atoms with van der Waals surface area (Å²) < 4.78 is 25.7. The standard InChI is InChI=1S/C18H32O3S/c1-2-13-12-22(20,21)16-11-7-6-10-15(16)17(18(13)19)14-8-4-3-5-9-14/h13-19H,2-12H2,1H3/t13-,15?,16?,17+,18+/m1/s1. The molecular formula is C18H32O3S. The maximum atomic E-state index is 12.9. The minimum absolute atomic E-state index is 0.0532. The summed E-state index contributed by atoms with van der Waals surface area (Å²) in [5.74, 6) is 1.16. The van der Waals surface area contributed by atoms with Gasteiger partial charge in [-0.25, -0.2) is 8.42 Å². The van der Waals surface area contributed by atoms with Crippen molar-refractivity contribution < 1.29 is 13.5 Å². The molecule has 0 aromatic rings. The summed E-state index contributed by atoms with van der Waals surface area (Å²) in [6, 6.07) is 0. The van der Waals surface area contributed by atoms with Crippen LogP contribution in [0.3, 0.4) is 0 Å². The highest BCUT2D eigenvalue weighted by molar-refractivity contribution is 7.92. The zero-order valence-electron chi connectivity index (χ0n) is 13.9. The van der Waals surface area contributed by atoms with Crippen molar-refractivity contribution in [3.05, 3.63) is 0 Å². The molecule has 0 aromatic heterocycles. The fourth-order valence-electron chi connectivity index (χ4n) is 5.61. The zero-order chi connectivity index (χ0) is 15.7. The van der Waals surface area contributed by atoms with E-state index >= 15 is 0 Å². The Morgan fingerprint density at radius 1 is 0.955 bits per heavy atom. The summed E-state index contributed by atoms with van der Waals surface area (Å²) in [5, 5.41) is 10.9. The summed E-state index contributed by atoms with van der Waals surface area (Å²) >= 11 is 0. The van der Waals surface area contributed by atoms with Gasteiger partial charge in [0.25, 0.3) is 0 Å². The average Bonchev–Trinajstić information content (AvgIpc) is 2.62. The van der Waals surface area contributed by atoms with E-state index in [2.05, 4.69) is 0 Å². The molecule has 3 fully saturated rings. The van der Waals surface area contributed by atoms with Crippen molar-refractivity contribution >= 4 is 9.84 Å². The van der Waals surface area contributed by atoms with Gasteiger partial charge in [0.15, 0.2) is 9.84 Å². The molecule has 1 N–H and O–H groups in total. The molecule has 2 aliphatic carbocycles. The Labute approximate surface area is 135 Å². The molecule has 4 heteroatoms. The summed E-state index contributed by atoms with van der Waals surface area (Å²) in [4.78, 5) is 0. The number of aliphatic hydroxyl groups excluding tert-OH is 1. The highest BCUT2D eigenvalue weighted by Crippen LogP contribution is 2.47. The van der Waals surface area contributed by atoms with Crippen LogP contribution in [0.5, 0.6) is 0 Å². The van der Waals surface area contributed by atoms with E-state index in [4.69, 9.17) is 0 Å². The molecule has 0 radical (unpaired) electrons. The number of aliphatic hydroxyl groups is 1. The first-order valence-electron chi connectivity index (χ1n) is 9.44. The van der Waals surface area contributed by atoms with E-state index in [1.807, 2.05) is 6.92 Å². The first-order valence-corrected chi connectivity index (χ1v) is 11.2.